The summed E-state index contributed by atoms with van der Waals surface area (Å²) in [6.07, 6.45) is 1.24. The van der Waals surface area contributed by atoms with Gasteiger partial charge in [0.25, 0.3) is 23.6 Å². The molecule has 0 atom stereocenters. The van der Waals surface area contributed by atoms with E-state index in [-0.39, 0.29) is 28.5 Å². The third-order valence-electron chi connectivity index (χ3n) is 11.2. The van der Waals surface area contributed by atoms with E-state index < -0.39 is 11.8 Å². The molecule has 0 aromatic heterocycles. The molecule has 9 nitrogen and oxygen atoms in total. The second kappa shape index (κ2) is 16.5. The van der Waals surface area contributed by atoms with Crippen LogP contribution in [0.1, 0.15) is 114 Å². The second-order valence-electron chi connectivity index (χ2n) is 16.0. The maximum atomic E-state index is 13.8. The summed E-state index contributed by atoms with van der Waals surface area (Å²) in [5, 5.41) is 22.2. The molecule has 300 valence electrons. The number of hydrogen-bond donors (Lipinski definition) is 4. The van der Waals surface area contributed by atoms with Crippen molar-refractivity contribution in [3.63, 3.8) is 0 Å². The number of benzene rings is 6. The van der Waals surface area contributed by atoms with Gasteiger partial charge in [0.1, 0.15) is 0 Å². The van der Waals surface area contributed by atoms with E-state index in [0.717, 1.165) is 66.8 Å². The highest BCUT2D eigenvalue weighted by Crippen LogP contribution is 2.31. The van der Waals surface area contributed by atoms with E-state index in [0.29, 0.717) is 46.7 Å². The van der Waals surface area contributed by atoms with Crippen molar-refractivity contribution in [1.29, 1.82) is 5.26 Å². The summed E-state index contributed by atoms with van der Waals surface area (Å²) < 4.78 is 0. The lowest BCUT2D eigenvalue weighted by Gasteiger charge is -2.18. The van der Waals surface area contributed by atoms with E-state index in [1.54, 1.807) is 30.3 Å². The lowest BCUT2D eigenvalue weighted by Crippen LogP contribution is -2.18. The molecule has 4 N–H and O–H groups in total. The zero-order valence-electron chi connectivity index (χ0n) is 35.2. The predicted octanol–water partition coefficient (Wildman–Crippen LogP) is 10.5. The molecule has 0 saturated heterocycles. The molecule has 0 spiro atoms. The number of amides is 4. The van der Waals surface area contributed by atoms with E-state index >= 15 is 0 Å². The van der Waals surface area contributed by atoms with Gasteiger partial charge in [0.05, 0.1) is 17.2 Å². The van der Waals surface area contributed by atoms with Gasteiger partial charge in [-0.05, 0) is 171 Å². The Morgan fingerprint density at radius 3 is 1.02 bits per heavy atom. The van der Waals surface area contributed by atoms with E-state index in [1.165, 1.54) is 12.1 Å². The van der Waals surface area contributed by atoms with Crippen molar-refractivity contribution in [2.24, 2.45) is 0 Å². The highest BCUT2D eigenvalue weighted by atomic mass is 16.2. The van der Waals surface area contributed by atoms with Crippen LogP contribution in [0, 0.1) is 66.7 Å². The van der Waals surface area contributed by atoms with E-state index in [1.807, 2.05) is 79.7 Å². The number of rotatable bonds is 0. The van der Waals surface area contributed by atoms with Crippen LogP contribution in [0.5, 0.6) is 0 Å². The molecule has 6 aromatic rings. The Morgan fingerprint density at radius 2 is 0.700 bits per heavy atom. The summed E-state index contributed by atoms with van der Waals surface area (Å²) >= 11 is 0. The molecule has 0 saturated carbocycles. The van der Waals surface area contributed by atoms with E-state index in [4.69, 9.17) is 0 Å². The first kappa shape index (κ1) is 40.9. The van der Waals surface area contributed by atoms with Crippen LogP contribution in [0.25, 0.3) is 0 Å². The Hall–Kier alpha value is -7.31. The number of hydrogen-bond acceptors (Lipinski definition) is 5. The van der Waals surface area contributed by atoms with Crippen LogP contribution in [0.3, 0.4) is 0 Å². The fourth-order valence-electron chi connectivity index (χ4n) is 8.39. The standard InChI is InChI=1S/C51H47N5O4/c1-27-14-35-15-28(2)44(27)53-48(57)39-10-9-11-40(24-39)49(58)54-45-29(3)16-36(17-30(45)4)23-38-20-33(7)47(34(8)21-38)56-51(60)43-25-41(12-13-42(43)26-52)50(59)55-46-31(5)18-37(22-35)19-32(46)6/h9-21,24-25H,22-23H2,1-8H3,(H,53,57)(H,54,58)(H,55,59)(H,56,60). The molecule has 16 rings (SSSR count). The molecule has 10 aliphatic rings. The minimum absolute atomic E-state index is 0.102. The smallest absolute Gasteiger partial charge is 0.257 e. The molecule has 6 aromatic carbocycles. The molecular formula is C51H47N5O4. The Kier molecular flexibility index (Phi) is 11.2. The summed E-state index contributed by atoms with van der Waals surface area (Å²) in [6.45, 7) is 15.6. The zero-order chi connectivity index (χ0) is 43.0. The summed E-state index contributed by atoms with van der Waals surface area (Å²) in [6, 6.07) is 29.7. The van der Waals surface area contributed by atoms with Gasteiger partial charge in [-0.3, -0.25) is 19.2 Å². The van der Waals surface area contributed by atoms with Crippen molar-refractivity contribution in [3.05, 3.63) is 186 Å². The van der Waals surface area contributed by atoms with Crippen LogP contribution < -0.4 is 21.3 Å². The molecule has 12 bridgehead atoms. The average Bonchev–Trinajstić information content (AvgIpc) is 3.19. The molecule has 9 heteroatoms. The van der Waals surface area contributed by atoms with E-state index in [9.17, 15) is 24.4 Å². The number of nitriles is 1. The van der Waals surface area contributed by atoms with Crippen LogP contribution in [0.2, 0.25) is 0 Å². The fraction of sp³-hybridized carbons (Fsp3) is 0.196. The largest absolute Gasteiger partial charge is 0.322 e. The summed E-state index contributed by atoms with van der Waals surface area (Å²) in [5.41, 5.74) is 15.2. The number of nitrogens with one attached hydrogen (secondary N) is 4. The third-order valence-corrected chi connectivity index (χ3v) is 11.2. The zero-order valence-corrected chi connectivity index (χ0v) is 35.2. The van der Waals surface area contributed by atoms with Crippen molar-refractivity contribution < 1.29 is 19.2 Å². The number of nitrogens with zero attached hydrogens (tertiary/aromatic N) is 1. The first-order chi connectivity index (χ1) is 28.6. The SMILES string of the molecule is Cc1cc2cc(C)c1NC(=O)c1cccc(c1)C(=O)Nc1c(C)cc(cc1C)Cc1cc(C)c(c(C)c1)NC(=O)c1cc(ccc1C#N)C(=O)Nc1c(C)cc(cc1C)C2. The van der Waals surface area contributed by atoms with Crippen molar-refractivity contribution in [2.45, 2.75) is 68.2 Å². The van der Waals surface area contributed by atoms with Gasteiger partial charge in [-0.25, -0.2) is 0 Å². The van der Waals surface area contributed by atoms with Crippen molar-refractivity contribution in [3.8, 4) is 6.07 Å². The Morgan fingerprint density at radius 1 is 0.400 bits per heavy atom. The van der Waals surface area contributed by atoms with Crippen LogP contribution in [0.4, 0.5) is 22.7 Å². The molecule has 0 unspecified atom stereocenters. The average molecular weight is 794 g/mol. The van der Waals surface area contributed by atoms with Gasteiger partial charge in [0.15, 0.2) is 0 Å². The van der Waals surface area contributed by atoms with Gasteiger partial charge >= 0.3 is 0 Å². The number of anilines is 4. The van der Waals surface area contributed by atoms with Gasteiger partial charge in [-0.2, -0.15) is 5.26 Å². The molecule has 10 aliphatic heterocycles. The first-order valence-corrected chi connectivity index (χ1v) is 19.9. The number of carbonyl (C=O) groups excluding carboxylic acids is 4. The van der Waals surface area contributed by atoms with Gasteiger partial charge in [0.2, 0.25) is 0 Å². The van der Waals surface area contributed by atoms with Gasteiger partial charge < -0.3 is 21.3 Å². The Bertz CT molecular complexity index is 2750. The highest BCUT2D eigenvalue weighted by molar-refractivity contribution is 6.11. The minimum atomic E-state index is -0.487. The van der Waals surface area contributed by atoms with Gasteiger partial charge in [-0.1, -0.05) is 54.6 Å². The van der Waals surface area contributed by atoms with Crippen molar-refractivity contribution in [1.82, 2.24) is 0 Å². The molecule has 10 heterocycles. The van der Waals surface area contributed by atoms with Crippen LogP contribution in [-0.2, 0) is 12.8 Å². The predicted molar refractivity (Wildman–Crippen MR) is 239 cm³/mol. The van der Waals surface area contributed by atoms with E-state index in [2.05, 4.69) is 51.6 Å². The van der Waals surface area contributed by atoms with Crippen LogP contribution in [0.15, 0.2) is 91.0 Å². The lowest BCUT2D eigenvalue weighted by molar-refractivity contribution is 0.101. The summed E-state index contributed by atoms with van der Waals surface area (Å²) in [4.78, 5) is 54.8. The molecule has 60 heavy (non-hydrogen) atoms. The first-order valence-electron chi connectivity index (χ1n) is 19.9. The molecular weight excluding hydrogens is 747 g/mol. The quantitative estimate of drug-likeness (QED) is 0.121. The maximum absolute atomic E-state index is 13.8. The van der Waals surface area contributed by atoms with Gasteiger partial charge in [0, 0.05) is 39.4 Å². The summed E-state index contributed by atoms with van der Waals surface area (Å²) in [5.74, 6) is -1.51. The molecule has 0 radical (unpaired) electrons. The Labute approximate surface area is 350 Å². The molecule has 4 amide bonds. The lowest BCUT2D eigenvalue weighted by atomic mass is 9.95. The second-order valence-corrected chi connectivity index (χ2v) is 16.0. The van der Waals surface area contributed by atoms with Gasteiger partial charge in [-0.15, -0.1) is 0 Å². The number of carbonyl (C=O) groups is 4. The summed E-state index contributed by atoms with van der Waals surface area (Å²) in [7, 11) is 0. The normalized spacial score (nSPS) is 13.2. The molecule has 0 fully saturated rings. The van der Waals surface area contributed by atoms with Crippen molar-refractivity contribution >= 4 is 46.4 Å². The van der Waals surface area contributed by atoms with Crippen LogP contribution >= 0.6 is 0 Å². The van der Waals surface area contributed by atoms with Crippen molar-refractivity contribution in [2.75, 3.05) is 21.3 Å². The highest BCUT2D eigenvalue weighted by Gasteiger charge is 2.20. The third kappa shape index (κ3) is 8.45. The fourth-order valence-corrected chi connectivity index (χ4v) is 8.39. The minimum Gasteiger partial charge on any atom is -0.322 e. The monoisotopic (exact) mass is 793 g/mol. The topological polar surface area (TPSA) is 140 Å². The molecule has 0 aliphatic carbocycles. The number of aryl methyl sites for hydroxylation is 8. The Balaban J connectivity index is 1.27. The van der Waals surface area contributed by atoms with Crippen LogP contribution in [-0.4, -0.2) is 23.6 Å². The maximum Gasteiger partial charge on any atom is 0.257 e.